The standard InChI is InChI=1S/C13H20N2O4/c1-13(19)4-5-14(7-13)12(18)15-8-2-3-10(15)9(6-8)11(16)17/h8-10,19H,2-7H2,1H3,(H,16,17). The summed E-state index contributed by atoms with van der Waals surface area (Å²) in [5.74, 6) is -1.20. The minimum atomic E-state index is -0.805. The smallest absolute Gasteiger partial charge is 0.320 e. The first-order valence-corrected chi connectivity index (χ1v) is 6.91. The van der Waals surface area contributed by atoms with E-state index in [4.69, 9.17) is 0 Å². The number of hydrogen-bond donors (Lipinski definition) is 2. The lowest BCUT2D eigenvalue weighted by Crippen LogP contribution is -2.46. The lowest BCUT2D eigenvalue weighted by molar-refractivity contribution is -0.142. The normalized spacial score (nSPS) is 41.1. The molecular formula is C13H20N2O4. The molecule has 0 spiro atoms. The summed E-state index contributed by atoms with van der Waals surface area (Å²) in [6.07, 6.45) is 2.86. The molecule has 3 heterocycles. The molecule has 3 saturated heterocycles. The van der Waals surface area contributed by atoms with Gasteiger partial charge in [0.15, 0.2) is 0 Å². The first-order valence-electron chi connectivity index (χ1n) is 6.91. The molecule has 2 bridgehead atoms. The number of fused-ring (bicyclic) bond motifs is 2. The Morgan fingerprint density at radius 3 is 2.58 bits per heavy atom. The van der Waals surface area contributed by atoms with Crippen LogP contribution < -0.4 is 0 Å². The zero-order chi connectivity index (χ0) is 13.8. The van der Waals surface area contributed by atoms with Gasteiger partial charge in [-0.15, -0.1) is 0 Å². The van der Waals surface area contributed by atoms with Crippen molar-refractivity contribution in [3.63, 3.8) is 0 Å². The molecule has 0 saturated carbocycles. The molecule has 0 aliphatic carbocycles. The summed E-state index contributed by atoms with van der Waals surface area (Å²) < 4.78 is 0. The first kappa shape index (κ1) is 12.7. The number of nitrogens with zero attached hydrogens (tertiary/aromatic N) is 2. The zero-order valence-corrected chi connectivity index (χ0v) is 11.1. The Morgan fingerprint density at radius 1 is 1.32 bits per heavy atom. The number of carboxylic acids is 1. The molecule has 6 heteroatoms. The molecule has 2 amide bonds. The molecule has 0 aromatic rings. The van der Waals surface area contributed by atoms with Crippen molar-refractivity contribution in [1.29, 1.82) is 0 Å². The molecule has 0 radical (unpaired) electrons. The Balaban J connectivity index is 1.73. The molecule has 106 valence electrons. The highest BCUT2D eigenvalue weighted by molar-refractivity contribution is 5.79. The number of carboxylic acid groups (broad SMARTS) is 1. The van der Waals surface area contributed by atoms with Crippen molar-refractivity contribution in [3.8, 4) is 0 Å². The summed E-state index contributed by atoms with van der Waals surface area (Å²) in [5, 5.41) is 19.1. The topological polar surface area (TPSA) is 81.1 Å². The van der Waals surface area contributed by atoms with Gasteiger partial charge in [0.2, 0.25) is 0 Å². The second-order valence-corrected chi connectivity index (χ2v) is 6.34. The number of amides is 2. The van der Waals surface area contributed by atoms with E-state index >= 15 is 0 Å². The summed E-state index contributed by atoms with van der Waals surface area (Å²) in [4.78, 5) is 27.1. The maximum Gasteiger partial charge on any atom is 0.320 e. The Bertz CT molecular complexity index is 423. The van der Waals surface area contributed by atoms with Gasteiger partial charge in [-0.2, -0.15) is 0 Å². The summed E-state index contributed by atoms with van der Waals surface area (Å²) in [6.45, 7) is 2.64. The molecule has 4 atom stereocenters. The number of hydrogen-bond acceptors (Lipinski definition) is 3. The van der Waals surface area contributed by atoms with E-state index in [9.17, 15) is 19.8 Å². The van der Waals surface area contributed by atoms with Gasteiger partial charge in [0.1, 0.15) is 0 Å². The van der Waals surface area contributed by atoms with Crippen LogP contribution in [0.1, 0.15) is 32.6 Å². The van der Waals surface area contributed by atoms with Gasteiger partial charge in [-0.1, -0.05) is 0 Å². The number of rotatable bonds is 1. The number of likely N-dealkylation sites (tertiary alicyclic amines) is 1. The Labute approximate surface area is 112 Å². The third-order valence-corrected chi connectivity index (χ3v) is 4.80. The van der Waals surface area contributed by atoms with Crippen LogP contribution in [0.5, 0.6) is 0 Å². The number of carbonyl (C=O) groups excluding carboxylic acids is 1. The fraction of sp³-hybridized carbons (Fsp3) is 0.846. The average molecular weight is 268 g/mol. The molecule has 2 N–H and O–H groups in total. The molecule has 3 rings (SSSR count). The van der Waals surface area contributed by atoms with Crippen molar-refractivity contribution in [2.24, 2.45) is 5.92 Å². The maximum absolute atomic E-state index is 12.5. The molecule has 3 aliphatic heterocycles. The van der Waals surface area contributed by atoms with Gasteiger partial charge in [0.05, 0.1) is 18.1 Å². The van der Waals surface area contributed by atoms with Crippen LogP contribution in [0.4, 0.5) is 4.79 Å². The second-order valence-electron chi connectivity index (χ2n) is 6.34. The minimum absolute atomic E-state index is 0.0733. The van der Waals surface area contributed by atoms with Gasteiger partial charge in [-0.3, -0.25) is 4.79 Å². The number of β-amino-alcohol motifs (C(OH)–C–C–N with tert-alkyl or cyclic N) is 1. The Morgan fingerprint density at radius 2 is 2.05 bits per heavy atom. The molecule has 6 nitrogen and oxygen atoms in total. The van der Waals surface area contributed by atoms with Gasteiger partial charge >= 0.3 is 12.0 Å². The van der Waals surface area contributed by atoms with E-state index in [0.717, 1.165) is 12.8 Å². The monoisotopic (exact) mass is 268 g/mol. The zero-order valence-electron chi connectivity index (χ0n) is 11.1. The number of urea groups is 1. The Hall–Kier alpha value is -1.30. The number of aliphatic carboxylic acids is 1. The van der Waals surface area contributed by atoms with Crippen molar-refractivity contribution in [1.82, 2.24) is 9.80 Å². The van der Waals surface area contributed by atoms with Crippen LogP contribution >= 0.6 is 0 Å². The van der Waals surface area contributed by atoms with E-state index in [-0.39, 0.29) is 18.1 Å². The van der Waals surface area contributed by atoms with Crippen molar-refractivity contribution >= 4 is 12.0 Å². The summed E-state index contributed by atoms with van der Waals surface area (Å²) in [7, 11) is 0. The summed E-state index contributed by atoms with van der Waals surface area (Å²) in [6, 6.07) is -0.168. The average Bonchev–Trinajstić information content (AvgIpc) is 2.99. The Kier molecular flexibility index (Phi) is 2.74. The quantitative estimate of drug-likeness (QED) is 0.725. The molecule has 3 aliphatic rings. The van der Waals surface area contributed by atoms with Gasteiger partial charge in [0.25, 0.3) is 0 Å². The van der Waals surface area contributed by atoms with Gasteiger partial charge < -0.3 is 20.0 Å². The molecule has 4 unspecified atom stereocenters. The van der Waals surface area contributed by atoms with Crippen LogP contribution in [-0.4, -0.2) is 62.8 Å². The summed E-state index contributed by atoms with van der Waals surface area (Å²) in [5.41, 5.74) is -0.805. The first-order chi connectivity index (χ1) is 8.89. The van der Waals surface area contributed by atoms with Crippen LogP contribution in [-0.2, 0) is 4.79 Å². The van der Waals surface area contributed by atoms with Crippen LogP contribution in [0, 0.1) is 5.92 Å². The van der Waals surface area contributed by atoms with Crippen LogP contribution in [0.2, 0.25) is 0 Å². The maximum atomic E-state index is 12.5. The van der Waals surface area contributed by atoms with Crippen molar-refractivity contribution in [2.45, 2.75) is 50.3 Å². The van der Waals surface area contributed by atoms with Crippen molar-refractivity contribution in [2.75, 3.05) is 13.1 Å². The SMILES string of the molecule is CC1(O)CCN(C(=O)N2C3CCC2C(C(=O)O)C3)C1. The van der Waals surface area contributed by atoms with Crippen LogP contribution in [0.15, 0.2) is 0 Å². The van der Waals surface area contributed by atoms with E-state index in [2.05, 4.69) is 0 Å². The van der Waals surface area contributed by atoms with Crippen molar-refractivity contribution < 1.29 is 19.8 Å². The van der Waals surface area contributed by atoms with Crippen LogP contribution in [0.3, 0.4) is 0 Å². The van der Waals surface area contributed by atoms with Gasteiger partial charge in [-0.05, 0) is 32.6 Å². The summed E-state index contributed by atoms with van der Waals surface area (Å²) >= 11 is 0. The molecular weight excluding hydrogens is 248 g/mol. The molecule has 3 fully saturated rings. The lowest BCUT2D eigenvalue weighted by atomic mass is 9.89. The predicted octanol–water partition coefficient (Wildman–Crippen LogP) is 0.501. The van der Waals surface area contributed by atoms with Crippen molar-refractivity contribution in [3.05, 3.63) is 0 Å². The second kappa shape index (κ2) is 4.10. The third kappa shape index (κ3) is 1.98. The van der Waals surface area contributed by atoms with E-state index in [0.29, 0.717) is 25.9 Å². The molecule has 0 aromatic carbocycles. The predicted molar refractivity (Wildman–Crippen MR) is 66.6 cm³/mol. The lowest BCUT2D eigenvalue weighted by Gasteiger charge is -2.29. The minimum Gasteiger partial charge on any atom is -0.481 e. The van der Waals surface area contributed by atoms with Gasteiger partial charge in [0, 0.05) is 18.6 Å². The molecule has 19 heavy (non-hydrogen) atoms. The van der Waals surface area contributed by atoms with Crippen LogP contribution in [0.25, 0.3) is 0 Å². The fourth-order valence-corrected chi connectivity index (χ4v) is 3.82. The van der Waals surface area contributed by atoms with Gasteiger partial charge in [-0.25, -0.2) is 4.79 Å². The largest absolute Gasteiger partial charge is 0.481 e. The third-order valence-electron chi connectivity index (χ3n) is 4.80. The number of aliphatic hydroxyl groups is 1. The van der Waals surface area contributed by atoms with E-state index in [1.807, 2.05) is 0 Å². The van der Waals surface area contributed by atoms with E-state index < -0.39 is 17.5 Å². The number of carbonyl (C=O) groups is 2. The molecule has 0 aromatic heterocycles. The highest BCUT2D eigenvalue weighted by atomic mass is 16.4. The highest BCUT2D eigenvalue weighted by Crippen LogP contribution is 2.42. The fourth-order valence-electron chi connectivity index (χ4n) is 3.82. The highest BCUT2D eigenvalue weighted by Gasteiger charge is 2.53. The van der Waals surface area contributed by atoms with E-state index in [1.54, 1.807) is 16.7 Å². The van der Waals surface area contributed by atoms with E-state index in [1.165, 1.54) is 0 Å².